The molecule has 0 atom stereocenters. The van der Waals surface area contributed by atoms with Gasteiger partial charge >= 0.3 is 6.03 Å². The first-order valence-corrected chi connectivity index (χ1v) is 7.69. The molecule has 3 N–H and O–H groups in total. The molecule has 0 aliphatic heterocycles. The molecule has 0 radical (unpaired) electrons. The molecule has 0 aliphatic rings. The molecule has 2 aromatic rings. The zero-order chi connectivity index (χ0) is 17.9. The van der Waals surface area contributed by atoms with Gasteiger partial charge in [-0.05, 0) is 11.1 Å². The standard InChI is InChI=1S/C19H18N4O2/c20-11-17(14-21-12-15-7-3-1-4-8-15)18(24)23-19(25)22-13-16-9-5-2-6-10-16/h1-10,14,21H,12-13H2,(H2,22,23,24,25). The average Bonchev–Trinajstić information content (AvgIpc) is 2.65. The Morgan fingerprint density at radius 2 is 1.48 bits per heavy atom. The van der Waals surface area contributed by atoms with Crippen molar-refractivity contribution >= 4 is 11.9 Å². The third-order valence-electron chi connectivity index (χ3n) is 3.28. The van der Waals surface area contributed by atoms with Gasteiger partial charge in [-0.1, -0.05) is 60.7 Å². The van der Waals surface area contributed by atoms with Crippen LogP contribution in [0.2, 0.25) is 0 Å². The van der Waals surface area contributed by atoms with E-state index in [2.05, 4.69) is 16.0 Å². The topological polar surface area (TPSA) is 94.0 Å². The second-order valence-electron chi connectivity index (χ2n) is 5.16. The number of urea groups is 1. The molecule has 2 aromatic carbocycles. The van der Waals surface area contributed by atoms with Gasteiger partial charge in [-0.3, -0.25) is 10.1 Å². The number of nitriles is 1. The smallest absolute Gasteiger partial charge is 0.321 e. The SMILES string of the molecule is N#CC(=CNCc1ccccc1)C(=O)NC(=O)NCc1ccccc1. The van der Waals surface area contributed by atoms with Crippen LogP contribution < -0.4 is 16.0 Å². The summed E-state index contributed by atoms with van der Waals surface area (Å²) in [5.74, 6) is -0.756. The highest BCUT2D eigenvalue weighted by atomic mass is 16.2. The molecule has 0 saturated carbocycles. The maximum Gasteiger partial charge on any atom is 0.321 e. The molecule has 0 spiro atoms. The molecule has 0 aromatic heterocycles. The summed E-state index contributed by atoms with van der Waals surface area (Å²) in [6.07, 6.45) is 1.30. The number of carbonyl (C=O) groups is 2. The van der Waals surface area contributed by atoms with E-state index in [1.54, 1.807) is 6.07 Å². The monoisotopic (exact) mass is 334 g/mol. The highest BCUT2D eigenvalue weighted by Crippen LogP contribution is 1.99. The van der Waals surface area contributed by atoms with Crippen LogP contribution in [0.3, 0.4) is 0 Å². The van der Waals surface area contributed by atoms with Gasteiger partial charge in [-0.15, -0.1) is 0 Å². The highest BCUT2D eigenvalue weighted by Gasteiger charge is 2.12. The zero-order valence-corrected chi connectivity index (χ0v) is 13.5. The van der Waals surface area contributed by atoms with Gasteiger partial charge in [0, 0.05) is 19.3 Å². The first-order chi connectivity index (χ1) is 12.2. The number of carbonyl (C=O) groups excluding carboxylic acids is 2. The van der Waals surface area contributed by atoms with Gasteiger partial charge in [-0.2, -0.15) is 5.26 Å². The molecule has 0 bridgehead atoms. The first kappa shape index (κ1) is 17.8. The van der Waals surface area contributed by atoms with Crippen LogP contribution in [-0.4, -0.2) is 11.9 Å². The normalized spacial score (nSPS) is 10.4. The second-order valence-corrected chi connectivity index (χ2v) is 5.16. The summed E-state index contributed by atoms with van der Waals surface area (Å²) >= 11 is 0. The fraction of sp³-hybridized carbons (Fsp3) is 0.105. The Balaban J connectivity index is 1.81. The first-order valence-electron chi connectivity index (χ1n) is 7.69. The van der Waals surface area contributed by atoms with Gasteiger partial charge in [0.15, 0.2) is 0 Å². The van der Waals surface area contributed by atoms with E-state index in [0.717, 1.165) is 11.1 Å². The lowest BCUT2D eigenvalue weighted by Crippen LogP contribution is -2.39. The molecular formula is C19H18N4O2. The van der Waals surface area contributed by atoms with E-state index in [-0.39, 0.29) is 12.1 Å². The van der Waals surface area contributed by atoms with Crippen LogP contribution in [0.4, 0.5) is 4.79 Å². The summed E-state index contributed by atoms with van der Waals surface area (Å²) in [6.45, 7) is 0.761. The molecule has 0 aliphatic carbocycles. The number of hydrogen-bond donors (Lipinski definition) is 3. The molecule has 2 rings (SSSR count). The third-order valence-corrected chi connectivity index (χ3v) is 3.28. The summed E-state index contributed by atoms with van der Waals surface area (Å²) in [5.41, 5.74) is 1.74. The van der Waals surface area contributed by atoms with Gasteiger partial charge in [0.1, 0.15) is 11.6 Å². The molecule has 0 heterocycles. The van der Waals surface area contributed by atoms with Crippen LogP contribution in [0.1, 0.15) is 11.1 Å². The van der Waals surface area contributed by atoms with Crippen LogP contribution in [0.15, 0.2) is 72.4 Å². The molecule has 3 amide bonds. The Bertz CT molecular complexity index is 780. The van der Waals surface area contributed by atoms with Crippen molar-refractivity contribution in [3.8, 4) is 6.07 Å². The minimum Gasteiger partial charge on any atom is -0.386 e. The van der Waals surface area contributed by atoms with Crippen molar-refractivity contribution in [3.05, 3.63) is 83.6 Å². The van der Waals surface area contributed by atoms with E-state index in [1.165, 1.54) is 6.20 Å². The summed E-state index contributed by atoms with van der Waals surface area (Å²) in [6, 6.07) is 20.0. The lowest BCUT2D eigenvalue weighted by Gasteiger charge is -2.07. The Hall–Kier alpha value is -3.59. The Labute approximate surface area is 146 Å². The largest absolute Gasteiger partial charge is 0.386 e. The fourth-order valence-electron chi connectivity index (χ4n) is 2.01. The Morgan fingerprint density at radius 1 is 0.920 bits per heavy atom. The number of imide groups is 1. The van der Waals surface area contributed by atoms with Crippen molar-refractivity contribution in [3.63, 3.8) is 0 Å². The van der Waals surface area contributed by atoms with Gasteiger partial charge in [0.25, 0.3) is 5.91 Å². The lowest BCUT2D eigenvalue weighted by atomic mass is 10.2. The van der Waals surface area contributed by atoms with Gasteiger partial charge < -0.3 is 10.6 Å². The number of rotatable bonds is 6. The van der Waals surface area contributed by atoms with Crippen LogP contribution in [-0.2, 0) is 17.9 Å². The minimum atomic E-state index is -0.756. The van der Waals surface area contributed by atoms with Crippen LogP contribution >= 0.6 is 0 Å². The van der Waals surface area contributed by atoms with E-state index in [4.69, 9.17) is 5.26 Å². The minimum absolute atomic E-state index is 0.175. The van der Waals surface area contributed by atoms with Crippen LogP contribution in [0.5, 0.6) is 0 Å². The van der Waals surface area contributed by atoms with Crippen molar-refractivity contribution in [1.82, 2.24) is 16.0 Å². The molecule has 6 heteroatoms. The fourth-order valence-corrected chi connectivity index (χ4v) is 2.01. The quantitative estimate of drug-likeness (QED) is 0.558. The molecule has 126 valence electrons. The van der Waals surface area contributed by atoms with Gasteiger partial charge in [0.2, 0.25) is 0 Å². The van der Waals surface area contributed by atoms with Crippen molar-refractivity contribution in [2.45, 2.75) is 13.1 Å². The van der Waals surface area contributed by atoms with E-state index < -0.39 is 11.9 Å². The Kier molecular flexibility index (Phi) is 6.77. The number of nitrogens with zero attached hydrogens (tertiary/aromatic N) is 1. The van der Waals surface area contributed by atoms with E-state index in [1.807, 2.05) is 60.7 Å². The van der Waals surface area contributed by atoms with Crippen molar-refractivity contribution in [1.29, 1.82) is 5.26 Å². The molecular weight excluding hydrogens is 316 g/mol. The van der Waals surface area contributed by atoms with E-state index >= 15 is 0 Å². The Morgan fingerprint density at radius 3 is 2.04 bits per heavy atom. The average molecular weight is 334 g/mol. The summed E-state index contributed by atoms with van der Waals surface area (Å²) in [5, 5.41) is 16.6. The summed E-state index contributed by atoms with van der Waals surface area (Å²) in [7, 11) is 0. The number of amides is 3. The van der Waals surface area contributed by atoms with Crippen molar-refractivity contribution < 1.29 is 9.59 Å². The van der Waals surface area contributed by atoms with E-state index in [0.29, 0.717) is 6.54 Å². The lowest BCUT2D eigenvalue weighted by molar-refractivity contribution is -0.116. The van der Waals surface area contributed by atoms with Crippen LogP contribution in [0.25, 0.3) is 0 Å². The van der Waals surface area contributed by atoms with E-state index in [9.17, 15) is 9.59 Å². The molecule has 0 unspecified atom stereocenters. The molecule has 0 saturated heterocycles. The number of hydrogen-bond acceptors (Lipinski definition) is 4. The molecule has 25 heavy (non-hydrogen) atoms. The predicted molar refractivity (Wildman–Crippen MR) is 93.8 cm³/mol. The van der Waals surface area contributed by atoms with Crippen molar-refractivity contribution in [2.75, 3.05) is 0 Å². The number of nitrogens with one attached hydrogen (secondary N) is 3. The highest BCUT2D eigenvalue weighted by molar-refractivity contribution is 6.06. The third kappa shape index (κ3) is 6.20. The second kappa shape index (κ2) is 9.53. The molecule has 0 fully saturated rings. The maximum absolute atomic E-state index is 11.9. The van der Waals surface area contributed by atoms with Crippen LogP contribution in [0, 0.1) is 11.3 Å². The maximum atomic E-state index is 11.9. The van der Waals surface area contributed by atoms with Crippen molar-refractivity contribution in [2.24, 2.45) is 0 Å². The van der Waals surface area contributed by atoms with Gasteiger partial charge in [-0.25, -0.2) is 4.79 Å². The predicted octanol–water partition coefficient (Wildman–Crippen LogP) is 2.21. The molecule has 6 nitrogen and oxygen atoms in total. The zero-order valence-electron chi connectivity index (χ0n) is 13.5. The summed E-state index contributed by atoms with van der Waals surface area (Å²) in [4.78, 5) is 23.7. The van der Waals surface area contributed by atoms with Gasteiger partial charge in [0.05, 0.1) is 0 Å². The number of benzene rings is 2. The summed E-state index contributed by atoms with van der Waals surface area (Å²) < 4.78 is 0.